The third kappa shape index (κ3) is 3.89. The van der Waals surface area contributed by atoms with Gasteiger partial charge in [0, 0.05) is 21.7 Å². The van der Waals surface area contributed by atoms with Gasteiger partial charge in [0.05, 0.1) is 0 Å². The van der Waals surface area contributed by atoms with Crippen LogP contribution in [-0.2, 0) is 12.4 Å². The molecule has 1 N–H and O–H groups in total. The molecule has 0 aliphatic heterocycles. The van der Waals surface area contributed by atoms with E-state index in [1.807, 2.05) is 12.1 Å². The molecule has 0 saturated carbocycles. The van der Waals surface area contributed by atoms with Crippen molar-refractivity contribution >= 4 is 39.9 Å². The third-order valence-corrected chi connectivity index (χ3v) is 3.52. The number of hydrogen-bond donors (Lipinski definition) is 1. The Morgan fingerprint density at radius 1 is 1.00 bits per heavy atom. The highest BCUT2D eigenvalue weighted by Gasteiger charge is 1.96. The van der Waals surface area contributed by atoms with Gasteiger partial charge in [-0.2, -0.15) is 0 Å². The number of halogens is 2. The van der Waals surface area contributed by atoms with Gasteiger partial charge < -0.3 is 5.32 Å². The number of alkyl halides is 1. The minimum atomic E-state index is 0.555. The first-order valence-electron chi connectivity index (χ1n) is 5.41. The highest BCUT2D eigenvalue weighted by Crippen LogP contribution is 2.14. The Hall–Kier alpha value is -0.740. The van der Waals surface area contributed by atoms with Gasteiger partial charge in [0.2, 0.25) is 0 Å². The molecule has 1 nitrogen and oxygen atoms in total. The molecule has 17 heavy (non-hydrogen) atoms. The van der Waals surface area contributed by atoms with Crippen LogP contribution >= 0.6 is 34.2 Å². The lowest BCUT2D eigenvalue weighted by atomic mass is 10.2. The topological polar surface area (TPSA) is 12.0 Å². The molecule has 0 heterocycles. The van der Waals surface area contributed by atoms with Gasteiger partial charge in [-0.15, -0.1) is 11.6 Å². The summed E-state index contributed by atoms with van der Waals surface area (Å²) in [6, 6.07) is 16.7. The lowest BCUT2D eigenvalue weighted by molar-refractivity contribution is 1.14. The first-order valence-corrected chi connectivity index (χ1v) is 7.02. The molecule has 2 aromatic carbocycles. The lowest BCUT2D eigenvalue weighted by Gasteiger charge is -2.07. The van der Waals surface area contributed by atoms with Crippen LogP contribution in [0.3, 0.4) is 0 Å². The van der Waals surface area contributed by atoms with Crippen molar-refractivity contribution in [3.63, 3.8) is 0 Å². The molecule has 3 heteroatoms. The molecule has 2 aromatic rings. The molecule has 0 radical (unpaired) electrons. The smallest absolute Gasteiger partial charge is 0.0474 e. The van der Waals surface area contributed by atoms with Crippen LogP contribution in [0.4, 0.5) is 5.69 Å². The minimum absolute atomic E-state index is 0.555. The summed E-state index contributed by atoms with van der Waals surface area (Å²) in [7, 11) is 0. The van der Waals surface area contributed by atoms with Gasteiger partial charge in [0.1, 0.15) is 0 Å². The van der Waals surface area contributed by atoms with Crippen LogP contribution in [0.15, 0.2) is 48.5 Å². The molecule has 0 saturated heterocycles. The van der Waals surface area contributed by atoms with Crippen molar-refractivity contribution in [1.82, 2.24) is 0 Å². The largest absolute Gasteiger partial charge is 0.381 e. The summed E-state index contributed by atoms with van der Waals surface area (Å²) in [6.45, 7) is 0.836. The highest BCUT2D eigenvalue weighted by molar-refractivity contribution is 14.1. The van der Waals surface area contributed by atoms with Crippen molar-refractivity contribution < 1.29 is 0 Å². The number of anilines is 1. The second-order valence-corrected chi connectivity index (χ2v) is 5.33. The molecule has 0 aliphatic carbocycles. The second kappa shape index (κ2) is 6.26. The van der Waals surface area contributed by atoms with Crippen molar-refractivity contribution in [3.05, 3.63) is 63.2 Å². The molecule has 0 aliphatic rings. The summed E-state index contributed by atoms with van der Waals surface area (Å²) in [6.07, 6.45) is 0. The van der Waals surface area contributed by atoms with Gasteiger partial charge in [-0.1, -0.05) is 24.3 Å². The fourth-order valence-corrected chi connectivity index (χ4v) is 2.10. The third-order valence-electron chi connectivity index (χ3n) is 2.49. The first-order chi connectivity index (χ1) is 8.28. The zero-order valence-corrected chi connectivity index (χ0v) is 12.2. The Labute approximate surface area is 120 Å². The molecule has 88 valence electrons. The summed E-state index contributed by atoms with van der Waals surface area (Å²) in [4.78, 5) is 0. The Balaban J connectivity index is 1.99. The normalized spacial score (nSPS) is 10.2. The number of nitrogens with one attached hydrogen (secondary N) is 1. The maximum atomic E-state index is 5.80. The average Bonchev–Trinajstić information content (AvgIpc) is 2.38. The molecular formula is C14H13ClIN. The molecule has 0 spiro atoms. The van der Waals surface area contributed by atoms with Gasteiger partial charge in [0.15, 0.2) is 0 Å². The quantitative estimate of drug-likeness (QED) is 0.621. The van der Waals surface area contributed by atoms with E-state index in [-0.39, 0.29) is 0 Å². The van der Waals surface area contributed by atoms with Crippen LogP contribution in [0.25, 0.3) is 0 Å². The van der Waals surface area contributed by atoms with E-state index in [2.05, 4.69) is 64.3 Å². The van der Waals surface area contributed by atoms with Gasteiger partial charge in [-0.3, -0.25) is 0 Å². The highest BCUT2D eigenvalue weighted by atomic mass is 127. The van der Waals surface area contributed by atoms with E-state index in [1.54, 1.807) is 0 Å². The van der Waals surface area contributed by atoms with E-state index in [4.69, 9.17) is 11.6 Å². The van der Waals surface area contributed by atoms with E-state index in [9.17, 15) is 0 Å². The van der Waals surface area contributed by atoms with Crippen LogP contribution in [-0.4, -0.2) is 0 Å². The minimum Gasteiger partial charge on any atom is -0.381 e. The summed E-state index contributed by atoms with van der Waals surface area (Å²) >= 11 is 8.12. The Morgan fingerprint density at radius 3 is 2.47 bits per heavy atom. The van der Waals surface area contributed by atoms with Crippen LogP contribution < -0.4 is 5.32 Å². The predicted octanol–water partition coefficient (Wildman–Crippen LogP) is 4.64. The summed E-state index contributed by atoms with van der Waals surface area (Å²) in [5.41, 5.74) is 3.53. The zero-order valence-electron chi connectivity index (χ0n) is 9.29. The molecule has 0 bridgehead atoms. The van der Waals surface area contributed by atoms with Crippen molar-refractivity contribution in [3.8, 4) is 0 Å². The Morgan fingerprint density at radius 2 is 1.76 bits per heavy atom. The van der Waals surface area contributed by atoms with E-state index >= 15 is 0 Å². The van der Waals surface area contributed by atoms with Gasteiger partial charge in [-0.05, 0) is 58.0 Å². The van der Waals surface area contributed by atoms with Crippen molar-refractivity contribution in [1.29, 1.82) is 0 Å². The standard InChI is InChI=1S/C14H13ClIN/c15-9-12-2-1-3-14(8-12)17-10-11-4-6-13(16)7-5-11/h1-8,17H,9-10H2. The van der Waals surface area contributed by atoms with E-state index < -0.39 is 0 Å². The SMILES string of the molecule is ClCc1cccc(NCc2ccc(I)cc2)c1. The number of rotatable bonds is 4. The Bertz CT molecular complexity index is 482. The lowest BCUT2D eigenvalue weighted by Crippen LogP contribution is -1.99. The molecule has 0 aromatic heterocycles. The molecule has 0 atom stereocenters. The van der Waals surface area contributed by atoms with E-state index in [0.717, 1.165) is 17.8 Å². The van der Waals surface area contributed by atoms with Crippen molar-refractivity contribution in [2.45, 2.75) is 12.4 Å². The van der Waals surface area contributed by atoms with Gasteiger partial charge in [0.25, 0.3) is 0 Å². The number of hydrogen-bond acceptors (Lipinski definition) is 1. The van der Waals surface area contributed by atoms with E-state index in [1.165, 1.54) is 9.13 Å². The predicted molar refractivity (Wildman–Crippen MR) is 82.5 cm³/mol. The summed E-state index contributed by atoms with van der Waals surface area (Å²) in [5.74, 6) is 0.555. The van der Waals surface area contributed by atoms with E-state index in [0.29, 0.717) is 5.88 Å². The molecule has 0 fully saturated rings. The summed E-state index contributed by atoms with van der Waals surface area (Å²) < 4.78 is 1.26. The maximum absolute atomic E-state index is 5.80. The average molecular weight is 358 g/mol. The summed E-state index contributed by atoms with van der Waals surface area (Å²) in [5, 5.41) is 3.39. The Kier molecular flexibility index (Phi) is 4.68. The fourth-order valence-electron chi connectivity index (χ4n) is 1.57. The molecule has 0 unspecified atom stereocenters. The van der Waals surface area contributed by atoms with Crippen molar-refractivity contribution in [2.75, 3.05) is 5.32 Å². The monoisotopic (exact) mass is 357 g/mol. The second-order valence-electron chi connectivity index (χ2n) is 3.81. The van der Waals surface area contributed by atoms with Crippen LogP contribution in [0, 0.1) is 3.57 Å². The number of benzene rings is 2. The van der Waals surface area contributed by atoms with Crippen LogP contribution in [0.5, 0.6) is 0 Å². The molecule has 0 amide bonds. The first kappa shape index (κ1) is 12.7. The molecule has 2 rings (SSSR count). The molecular weight excluding hydrogens is 345 g/mol. The fraction of sp³-hybridized carbons (Fsp3) is 0.143. The van der Waals surface area contributed by atoms with Crippen LogP contribution in [0.1, 0.15) is 11.1 Å². The van der Waals surface area contributed by atoms with Crippen LogP contribution in [0.2, 0.25) is 0 Å². The maximum Gasteiger partial charge on any atom is 0.0474 e. The zero-order chi connectivity index (χ0) is 12.1. The van der Waals surface area contributed by atoms with Gasteiger partial charge in [-0.25, -0.2) is 0 Å². The van der Waals surface area contributed by atoms with Crippen molar-refractivity contribution in [2.24, 2.45) is 0 Å². The van der Waals surface area contributed by atoms with Gasteiger partial charge >= 0.3 is 0 Å².